The van der Waals surface area contributed by atoms with Crippen molar-refractivity contribution in [3.63, 3.8) is 0 Å². The average Bonchev–Trinajstić information content (AvgIpc) is 3.97. The van der Waals surface area contributed by atoms with Gasteiger partial charge in [-0.25, -0.2) is 22.4 Å². The molecule has 2 saturated carbocycles. The highest BCUT2D eigenvalue weighted by atomic mass is 32.2. The third kappa shape index (κ3) is 8.21. The van der Waals surface area contributed by atoms with Gasteiger partial charge in [0.25, 0.3) is 5.91 Å². The van der Waals surface area contributed by atoms with Crippen molar-refractivity contribution in [2.45, 2.75) is 133 Å². The van der Waals surface area contributed by atoms with E-state index in [9.17, 15) is 36.8 Å². The number of carbonyl (C=O) groups excluding carboxylic acids is 5. The number of nitrogens with zero attached hydrogens (tertiary/aromatic N) is 2. The van der Waals surface area contributed by atoms with Crippen LogP contribution in [0.15, 0.2) is 30.4 Å². The number of benzene rings is 1. The minimum absolute atomic E-state index is 0.00135. The van der Waals surface area contributed by atoms with E-state index in [4.69, 9.17) is 9.47 Å². The molecule has 0 spiro atoms. The van der Waals surface area contributed by atoms with Crippen LogP contribution in [0.2, 0.25) is 0 Å². The molecule has 1 saturated heterocycles. The fraction of sp³-hybridized carbons (Fsp3) is 0.639. The van der Waals surface area contributed by atoms with E-state index in [1.54, 1.807) is 26.0 Å². The van der Waals surface area contributed by atoms with Gasteiger partial charge in [-0.1, -0.05) is 44.1 Å². The number of hydrogen-bond acceptors (Lipinski definition) is 9. The number of nitrogens with one attached hydrogen (secondary N) is 3. The van der Waals surface area contributed by atoms with E-state index >= 15 is 0 Å². The molecule has 3 fully saturated rings. The van der Waals surface area contributed by atoms with E-state index in [0.29, 0.717) is 43.2 Å². The highest BCUT2D eigenvalue weighted by Crippen LogP contribution is 2.46. The molecule has 16 heteroatoms. The standard InChI is InChI=1S/C36H48FN5O9S/c1-4-35(2,3)51-33(46)38-28-14-9-7-5-6-8-12-23-18-36(23,32(45)40-52(48,49)25-15-16-25)39-30(43)29-17-24(20-42(29)31(28)44)50-34(47)41-19-22-11-10-13-27(37)26(22)21-41/h8,10-13,23-25,28-29H,4-7,9,14-21H2,1-3H3,(H,38,46)(H,39,43)(H,40,45)/b12-8-/t23-,24-,28+,29+,36-/m1/s1. The van der Waals surface area contributed by atoms with Crippen molar-refractivity contribution in [2.75, 3.05) is 6.54 Å². The molecule has 3 heterocycles. The van der Waals surface area contributed by atoms with Gasteiger partial charge in [0.1, 0.15) is 35.1 Å². The molecule has 6 rings (SSSR count). The second-order valence-corrected chi connectivity index (χ2v) is 17.2. The summed E-state index contributed by atoms with van der Waals surface area (Å²) in [5, 5.41) is 4.83. The number of rotatable bonds is 7. The van der Waals surface area contributed by atoms with Crippen molar-refractivity contribution in [3.05, 3.63) is 47.3 Å². The predicted octanol–water partition coefficient (Wildman–Crippen LogP) is 3.53. The summed E-state index contributed by atoms with van der Waals surface area (Å²) in [6, 6.07) is 2.30. The summed E-state index contributed by atoms with van der Waals surface area (Å²) in [5.41, 5.74) is -1.31. The van der Waals surface area contributed by atoms with Gasteiger partial charge < -0.3 is 25.0 Å². The molecule has 0 unspecified atom stereocenters. The Kier molecular flexibility index (Phi) is 10.6. The molecule has 1 aromatic rings. The monoisotopic (exact) mass is 745 g/mol. The summed E-state index contributed by atoms with van der Waals surface area (Å²) in [6.07, 6.45) is 5.67. The Balaban J connectivity index is 1.25. The summed E-state index contributed by atoms with van der Waals surface area (Å²) in [5.74, 6) is -3.06. The molecule has 3 aliphatic heterocycles. The molecule has 14 nitrogen and oxygen atoms in total. The minimum Gasteiger partial charge on any atom is -0.444 e. The van der Waals surface area contributed by atoms with Crippen LogP contribution < -0.4 is 15.4 Å². The molecule has 5 atom stereocenters. The molecular weight excluding hydrogens is 697 g/mol. The highest BCUT2D eigenvalue weighted by molar-refractivity contribution is 7.91. The molecule has 2 aliphatic carbocycles. The van der Waals surface area contributed by atoms with Gasteiger partial charge >= 0.3 is 12.2 Å². The number of sulfonamides is 1. The Morgan fingerprint density at radius 3 is 2.58 bits per heavy atom. The van der Waals surface area contributed by atoms with Crippen LogP contribution in [0.4, 0.5) is 14.0 Å². The zero-order valence-corrected chi connectivity index (χ0v) is 30.6. The topological polar surface area (TPSA) is 181 Å². The first kappa shape index (κ1) is 37.5. The maximum Gasteiger partial charge on any atom is 0.410 e. The lowest BCUT2D eigenvalue weighted by molar-refractivity contribution is -0.141. The Morgan fingerprint density at radius 1 is 1.10 bits per heavy atom. The highest BCUT2D eigenvalue weighted by Gasteiger charge is 2.62. The Morgan fingerprint density at radius 2 is 1.87 bits per heavy atom. The van der Waals surface area contributed by atoms with E-state index in [1.807, 2.05) is 19.1 Å². The molecule has 0 aromatic heterocycles. The fourth-order valence-electron chi connectivity index (χ4n) is 7.07. The van der Waals surface area contributed by atoms with Gasteiger partial charge in [0.05, 0.1) is 18.3 Å². The van der Waals surface area contributed by atoms with Crippen LogP contribution in [0.1, 0.15) is 96.1 Å². The minimum atomic E-state index is -3.92. The van der Waals surface area contributed by atoms with E-state index in [-0.39, 0.29) is 38.9 Å². The molecule has 5 amide bonds. The lowest BCUT2D eigenvalue weighted by Gasteiger charge is -2.30. The van der Waals surface area contributed by atoms with Crippen molar-refractivity contribution in [1.29, 1.82) is 0 Å². The number of ether oxygens (including phenoxy) is 2. The third-order valence-corrected chi connectivity index (χ3v) is 12.6. The number of alkyl carbamates (subject to hydrolysis) is 1. The van der Waals surface area contributed by atoms with Gasteiger partial charge in [0.2, 0.25) is 21.8 Å². The van der Waals surface area contributed by atoms with Gasteiger partial charge in [-0.2, -0.15) is 0 Å². The van der Waals surface area contributed by atoms with Gasteiger partial charge in [-0.15, -0.1) is 0 Å². The van der Waals surface area contributed by atoms with Crippen LogP contribution in [0, 0.1) is 11.7 Å². The van der Waals surface area contributed by atoms with Crippen LogP contribution in [0.3, 0.4) is 0 Å². The molecule has 52 heavy (non-hydrogen) atoms. The summed E-state index contributed by atoms with van der Waals surface area (Å²) < 4.78 is 53.5. The van der Waals surface area contributed by atoms with E-state index in [0.717, 1.165) is 12.8 Å². The maximum absolute atomic E-state index is 14.4. The quantitative estimate of drug-likeness (QED) is 0.352. The molecule has 0 radical (unpaired) electrons. The first-order valence-corrected chi connectivity index (χ1v) is 19.7. The summed E-state index contributed by atoms with van der Waals surface area (Å²) in [4.78, 5) is 71.1. The van der Waals surface area contributed by atoms with Crippen molar-refractivity contribution in [2.24, 2.45) is 5.92 Å². The van der Waals surface area contributed by atoms with Crippen molar-refractivity contribution < 1.29 is 46.3 Å². The molecule has 5 aliphatic rings. The van der Waals surface area contributed by atoms with Crippen LogP contribution in [0.25, 0.3) is 0 Å². The number of hydrogen-bond donors (Lipinski definition) is 3. The summed E-state index contributed by atoms with van der Waals surface area (Å²) >= 11 is 0. The molecule has 1 aromatic carbocycles. The van der Waals surface area contributed by atoms with Gasteiger partial charge in [-0.3, -0.25) is 24.0 Å². The summed E-state index contributed by atoms with van der Waals surface area (Å²) in [6.45, 7) is 5.30. The largest absolute Gasteiger partial charge is 0.444 e. The van der Waals surface area contributed by atoms with Crippen molar-refractivity contribution in [1.82, 2.24) is 25.2 Å². The van der Waals surface area contributed by atoms with Crippen LogP contribution in [-0.4, -0.2) is 89.2 Å². The first-order chi connectivity index (χ1) is 24.6. The Bertz CT molecular complexity index is 1750. The molecule has 3 N–H and O–H groups in total. The number of allylic oxidation sites excluding steroid dienone is 1. The number of amides is 5. The predicted molar refractivity (Wildman–Crippen MR) is 185 cm³/mol. The Hall–Kier alpha value is -4.21. The zero-order valence-electron chi connectivity index (χ0n) is 29.8. The number of halogens is 1. The van der Waals surface area contributed by atoms with Crippen LogP contribution in [0.5, 0.6) is 0 Å². The van der Waals surface area contributed by atoms with Gasteiger partial charge in [-0.05, 0) is 70.4 Å². The fourth-order valence-corrected chi connectivity index (χ4v) is 8.43. The van der Waals surface area contributed by atoms with E-state index in [2.05, 4.69) is 15.4 Å². The molecule has 0 bridgehead atoms. The first-order valence-electron chi connectivity index (χ1n) is 18.2. The second kappa shape index (κ2) is 14.7. The Labute approximate surface area is 303 Å². The molecule has 284 valence electrons. The smallest absolute Gasteiger partial charge is 0.410 e. The number of fused-ring (bicyclic) bond motifs is 3. The average molecular weight is 746 g/mol. The normalized spacial score (nSPS) is 28.6. The second-order valence-electron chi connectivity index (χ2n) is 15.2. The summed E-state index contributed by atoms with van der Waals surface area (Å²) in [7, 11) is -3.92. The zero-order chi connectivity index (χ0) is 37.4. The SMILES string of the molecule is CCC(C)(C)OC(=O)N[C@H]1CCCCC/C=C\[C@@H]2C[C@@]2(C(=O)NS(=O)(=O)C2CC2)NC(=O)[C@@H]2C[C@@H](OC(=O)N3Cc4cccc(F)c4C3)CN2C1=O. The van der Waals surface area contributed by atoms with Crippen molar-refractivity contribution >= 4 is 39.9 Å². The van der Waals surface area contributed by atoms with Crippen LogP contribution >= 0.6 is 0 Å². The lowest BCUT2D eigenvalue weighted by Crippen LogP contribution is -2.58. The van der Waals surface area contributed by atoms with Crippen molar-refractivity contribution in [3.8, 4) is 0 Å². The van der Waals surface area contributed by atoms with E-state index in [1.165, 1.54) is 15.9 Å². The van der Waals surface area contributed by atoms with Gasteiger partial charge in [0.15, 0.2) is 0 Å². The van der Waals surface area contributed by atoms with Gasteiger partial charge in [0, 0.05) is 24.4 Å². The third-order valence-electron chi connectivity index (χ3n) is 10.8. The lowest BCUT2D eigenvalue weighted by atomic mass is 10.0. The molecular formula is C36H48FN5O9S. The van der Waals surface area contributed by atoms with E-state index < -0.39 is 86.2 Å². The number of carbonyl (C=O) groups is 5. The maximum atomic E-state index is 14.4. The van der Waals surface area contributed by atoms with Crippen LogP contribution in [-0.2, 0) is 47.0 Å².